The largest absolute Gasteiger partial charge is 0.444 e. The Kier molecular flexibility index (Phi) is 9.30. The summed E-state index contributed by atoms with van der Waals surface area (Å²) in [5, 5.41) is 3.29. The van der Waals surface area contributed by atoms with Gasteiger partial charge in [-0.3, -0.25) is 9.59 Å². The molecule has 2 amide bonds. The summed E-state index contributed by atoms with van der Waals surface area (Å²) in [6.07, 6.45) is -0.790. The number of rotatable bonds is 7. The maximum absolute atomic E-state index is 13.1. The van der Waals surface area contributed by atoms with Crippen LogP contribution in [-0.2, 0) is 27.5 Å². The molecule has 0 saturated heterocycles. The van der Waals surface area contributed by atoms with Gasteiger partial charge in [-0.25, -0.2) is 18.1 Å². The van der Waals surface area contributed by atoms with Crippen LogP contribution in [0.2, 0.25) is 10.0 Å². The number of aromatic nitrogens is 2. The Morgan fingerprint density at radius 3 is 2.19 bits per heavy atom. The Morgan fingerprint density at radius 2 is 1.59 bits per heavy atom. The second kappa shape index (κ2) is 12.2. The molecule has 0 fully saturated rings. The van der Waals surface area contributed by atoms with Crippen molar-refractivity contribution in [2.45, 2.75) is 39.6 Å². The van der Waals surface area contributed by atoms with Gasteiger partial charge in [-0.05, 0) is 74.3 Å². The molecule has 13 heteroatoms. The summed E-state index contributed by atoms with van der Waals surface area (Å²) < 4.78 is 12.6. The Bertz CT molecular complexity index is 1400. The molecule has 0 unspecified atom stereocenters. The molecule has 0 aliphatic rings. The van der Waals surface area contributed by atoms with Crippen molar-refractivity contribution in [3.05, 3.63) is 85.0 Å². The first-order valence-corrected chi connectivity index (χ1v) is 12.5. The minimum Gasteiger partial charge on any atom is -0.444 e. The van der Waals surface area contributed by atoms with E-state index in [1.807, 2.05) is 0 Å². The third kappa shape index (κ3) is 8.59. The highest BCUT2D eigenvalue weighted by Crippen LogP contribution is 2.12. The van der Waals surface area contributed by atoms with E-state index in [2.05, 4.69) is 10.3 Å². The fraction of sp³-hybridized carbons (Fsp3) is 0.292. The number of amides is 2. The lowest BCUT2D eigenvalue weighted by molar-refractivity contribution is -0.146. The average molecular weight is 567 g/mol. The second-order valence-corrected chi connectivity index (χ2v) is 10.5. The summed E-state index contributed by atoms with van der Waals surface area (Å²) in [6, 6.07) is 13.0. The molecule has 3 rings (SSSR count). The molecular weight excluding hydrogens is 543 g/mol. The van der Waals surface area contributed by atoms with Crippen molar-refractivity contribution >= 4 is 52.7 Å². The predicted octanol–water partition coefficient (Wildman–Crippen LogP) is 3.83. The van der Waals surface area contributed by atoms with Crippen molar-refractivity contribution in [3.8, 4) is 0 Å². The van der Waals surface area contributed by atoms with E-state index in [9.17, 15) is 19.2 Å². The lowest BCUT2D eigenvalue weighted by Gasteiger charge is -2.19. The third-order valence-corrected chi connectivity index (χ3v) is 6.01. The number of esters is 1. The molecule has 0 saturated carbocycles. The maximum Gasteiger partial charge on any atom is 0.408 e. The molecule has 0 aliphatic carbocycles. The van der Waals surface area contributed by atoms with Gasteiger partial charge in [0.2, 0.25) is 4.80 Å². The SMILES string of the molecule is CC(C)(C)OC(=O)NCC(=O)OCn1c(=NC(=O)c2ccc(Cl)cc2)sn(Cc2ccc(Cl)cc2)c1=O. The minimum absolute atomic E-state index is 0.0202. The number of halogens is 2. The van der Waals surface area contributed by atoms with Crippen LogP contribution < -0.4 is 15.8 Å². The summed E-state index contributed by atoms with van der Waals surface area (Å²) in [4.78, 5) is 53.8. The molecule has 2 aromatic carbocycles. The molecule has 3 aromatic rings. The number of carbonyl (C=O) groups is 3. The second-order valence-electron chi connectivity index (χ2n) is 8.67. The van der Waals surface area contributed by atoms with Gasteiger partial charge in [-0.15, -0.1) is 0 Å². The molecule has 0 bridgehead atoms. The van der Waals surface area contributed by atoms with E-state index < -0.39 is 42.5 Å². The summed E-state index contributed by atoms with van der Waals surface area (Å²) >= 11 is 12.7. The van der Waals surface area contributed by atoms with Crippen molar-refractivity contribution in [1.82, 2.24) is 13.8 Å². The van der Waals surface area contributed by atoms with Gasteiger partial charge >= 0.3 is 17.8 Å². The quantitative estimate of drug-likeness (QED) is 0.434. The number of benzene rings is 2. The van der Waals surface area contributed by atoms with E-state index >= 15 is 0 Å². The van der Waals surface area contributed by atoms with Gasteiger partial charge in [-0.2, -0.15) is 4.99 Å². The summed E-state index contributed by atoms with van der Waals surface area (Å²) in [7, 11) is 0. The van der Waals surface area contributed by atoms with Crippen LogP contribution in [0.3, 0.4) is 0 Å². The molecule has 0 atom stereocenters. The van der Waals surface area contributed by atoms with Crippen LogP contribution in [0.15, 0.2) is 58.3 Å². The first-order chi connectivity index (χ1) is 17.4. The zero-order valence-corrected chi connectivity index (χ0v) is 22.5. The number of nitrogens with one attached hydrogen (secondary N) is 1. The molecule has 1 N–H and O–H groups in total. The topological polar surface area (TPSA) is 121 Å². The van der Waals surface area contributed by atoms with E-state index in [-0.39, 0.29) is 16.9 Å². The lowest BCUT2D eigenvalue weighted by atomic mass is 10.2. The van der Waals surface area contributed by atoms with Crippen molar-refractivity contribution < 1.29 is 23.9 Å². The highest BCUT2D eigenvalue weighted by atomic mass is 35.5. The molecule has 196 valence electrons. The summed E-state index contributed by atoms with van der Waals surface area (Å²) in [5.74, 6) is -1.42. The summed E-state index contributed by atoms with van der Waals surface area (Å²) in [6.45, 7) is 4.23. The number of alkyl carbamates (subject to hydrolysis) is 1. The number of hydrogen-bond acceptors (Lipinski definition) is 7. The predicted molar refractivity (Wildman–Crippen MR) is 139 cm³/mol. The van der Waals surface area contributed by atoms with Crippen molar-refractivity contribution in [1.29, 1.82) is 0 Å². The van der Waals surface area contributed by atoms with Gasteiger partial charge in [-0.1, -0.05) is 35.3 Å². The first kappa shape index (κ1) is 28.2. The standard InChI is InChI=1S/C24H24Cl2N4O6S/c1-24(2,3)36-22(33)27-12-19(31)35-14-29-21(28-20(32)16-6-10-18(26)11-7-16)37-30(23(29)34)13-15-4-8-17(25)9-5-15/h4-11H,12-14H2,1-3H3,(H,27,33). The number of ether oxygens (including phenoxy) is 2. The molecule has 0 radical (unpaired) electrons. The Labute approximate surface area is 226 Å². The van der Waals surface area contributed by atoms with Crippen LogP contribution in [0.5, 0.6) is 0 Å². The van der Waals surface area contributed by atoms with Gasteiger partial charge in [0.1, 0.15) is 12.1 Å². The Morgan fingerprint density at radius 1 is 1.00 bits per heavy atom. The third-order valence-electron chi connectivity index (χ3n) is 4.53. The molecule has 37 heavy (non-hydrogen) atoms. The molecule has 1 aromatic heterocycles. The average Bonchev–Trinajstić information content (AvgIpc) is 3.10. The Balaban J connectivity index is 1.82. The molecule has 1 heterocycles. The van der Waals surface area contributed by atoms with E-state index in [0.29, 0.717) is 10.0 Å². The van der Waals surface area contributed by atoms with Crippen LogP contribution in [0.1, 0.15) is 36.7 Å². The Hall–Kier alpha value is -3.41. The smallest absolute Gasteiger partial charge is 0.408 e. The lowest BCUT2D eigenvalue weighted by Crippen LogP contribution is -2.37. The van der Waals surface area contributed by atoms with E-state index in [4.69, 9.17) is 32.7 Å². The van der Waals surface area contributed by atoms with Crippen molar-refractivity contribution in [2.24, 2.45) is 4.99 Å². The van der Waals surface area contributed by atoms with Crippen molar-refractivity contribution in [2.75, 3.05) is 6.54 Å². The van der Waals surface area contributed by atoms with E-state index in [0.717, 1.165) is 21.7 Å². The van der Waals surface area contributed by atoms with Gasteiger partial charge < -0.3 is 14.8 Å². The summed E-state index contributed by atoms with van der Waals surface area (Å²) in [5.41, 5.74) is -0.230. The molecule has 10 nitrogen and oxygen atoms in total. The minimum atomic E-state index is -0.816. The zero-order valence-electron chi connectivity index (χ0n) is 20.2. The fourth-order valence-electron chi connectivity index (χ4n) is 2.84. The normalized spacial score (nSPS) is 11.8. The van der Waals surface area contributed by atoms with Crippen LogP contribution in [0, 0.1) is 0 Å². The highest BCUT2D eigenvalue weighted by molar-refractivity contribution is 7.03. The highest BCUT2D eigenvalue weighted by Gasteiger charge is 2.18. The van der Waals surface area contributed by atoms with Crippen LogP contribution in [-0.4, -0.2) is 38.6 Å². The van der Waals surface area contributed by atoms with Gasteiger partial charge in [0.15, 0.2) is 6.73 Å². The van der Waals surface area contributed by atoms with Gasteiger partial charge in [0, 0.05) is 15.6 Å². The number of nitrogens with zero attached hydrogens (tertiary/aromatic N) is 3. The molecule has 0 aliphatic heterocycles. The van der Waals surface area contributed by atoms with Gasteiger partial charge in [0.05, 0.1) is 6.54 Å². The van der Waals surface area contributed by atoms with E-state index in [1.165, 1.54) is 16.1 Å². The first-order valence-electron chi connectivity index (χ1n) is 10.9. The number of hydrogen-bond donors (Lipinski definition) is 1. The monoisotopic (exact) mass is 566 g/mol. The number of carbonyl (C=O) groups excluding carboxylic acids is 3. The van der Waals surface area contributed by atoms with Crippen LogP contribution in [0.25, 0.3) is 0 Å². The fourth-order valence-corrected chi connectivity index (χ4v) is 4.03. The van der Waals surface area contributed by atoms with Crippen LogP contribution >= 0.6 is 34.7 Å². The molecular formula is C24H24Cl2N4O6S. The molecule has 0 spiro atoms. The maximum atomic E-state index is 13.1. The van der Waals surface area contributed by atoms with E-state index in [1.54, 1.807) is 57.2 Å². The van der Waals surface area contributed by atoms with Crippen molar-refractivity contribution in [3.63, 3.8) is 0 Å². The zero-order chi connectivity index (χ0) is 27.2. The van der Waals surface area contributed by atoms with Crippen LogP contribution in [0.4, 0.5) is 4.79 Å². The van der Waals surface area contributed by atoms with Gasteiger partial charge in [0.25, 0.3) is 5.91 Å².